The van der Waals surface area contributed by atoms with Gasteiger partial charge in [0.2, 0.25) is 17.5 Å². The zero-order valence-electron chi connectivity index (χ0n) is 20.1. The van der Waals surface area contributed by atoms with Gasteiger partial charge in [-0.3, -0.25) is 19.8 Å². The van der Waals surface area contributed by atoms with Gasteiger partial charge >= 0.3 is 0 Å². The van der Waals surface area contributed by atoms with Crippen LogP contribution in [0, 0.1) is 17.0 Å². The van der Waals surface area contributed by atoms with Crippen LogP contribution in [0.25, 0.3) is 0 Å². The number of carbonyl (C=O) groups excluding carboxylic acids is 1. The molecule has 0 spiro atoms. The Morgan fingerprint density at radius 1 is 1.00 bits per heavy atom. The summed E-state index contributed by atoms with van der Waals surface area (Å²) in [5.41, 5.74) is 0.468. The molecule has 0 bridgehead atoms. The Balaban J connectivity index is 1.53. The predicted molar refractivity (Wildman–Crippen MR) is 134 cm³/mol. The van der Waals surface area contributed by atoms with E-state index in [2.05, 4.69) is 4.98 Å². The van der Waals surface area contributed by atoms with Gasteiger partial charge in [0.05, 0.1) is 42.6 Å². The topological polar surface area (TPSA) is 118 Å². The average molecular weight is 540 g/mol. The van der Waals surface area contributed by atoms with Crippen molar-refractivity contribution < 1.29 is 33.3 Å². The average Bonchev–Trinajstić information content (AvgIpc) is 3.15. The van der Waals surface area contributed by atoms with Gasteiger partial charge in [0.15, 0.2) is 0 Å². The largest absolute Gasteiger partial charge is 0.497 e. The first kappa shape index (κ1) is 25.2. The third kappa shape index (κ3) is 4.03. The number of nitrogens with one attached hydrogen (secondary N) is 1. The molecular weight excluding hydrogens is 520 g/mol. The second kappa shape index (κ2) is 9.46. The molecular formula is C27H20ClF2N3O5. The molecule has 0 saturated carbocycles. The van der Waals surface area contributed by atoms with E-state index in [1.54, 1.807) is 18.2 Å². The second-order valence-corrected chi connectivity index (χ2v) is 9.05. The van der Waals surface area contributed by atoms with Gasteiger partial charge in [-0.25, -0.2) is 8.78 Å². The lowest BCUT2D eigenvalue weighted by Crippen LogP contribution is -2.21. The maximum atomic E-state index is 14.3. The number of benzene rings is 2. The first-order valence-corrected chi connectivity index (χ1v) is 11.6. The monoisotopic (exact) mass is 539 g/mol. The van der Waals surface area contributed by atoms with E-state index in [-0.39, 0.29) is 51.6 Å². The van der Waals surface area contributed by atoms with E-state index >= 15 is 0 Å². The van der Waals surface area contributed by atoms with Gasteiger partial charge in [0.25, 0.3) is 0 Å². The molecule has 0 fully saturated rings. The molecule has 0 amide bonds. The summed E-state index contributed by atoms with van der Waals surface area (Å²) >= 11 is 5.79. The Morgan fingerprint density at radius 3 is 2.45 bits per heavy atom. The van der Waals surface area contributed by atoms with Gasteiger partial charge in [0, 0.05) is 35.9 Å². The molecule has 0 saturated heterocycles. The fourth-order valence-electron chi connectivity index (χ4n) is 4.50. The molecule has 5 rings (SSSR count). The van der Waals surface area contributed by atoms with Crippen LogP contribution in [0.4, 0.5) is 8.78 Å². The van der Waals surface area contributed by atoms with Crippen LogP contribution in [0.15, 0.2) is 42.6 Å². The third-order valence-corrected chi connectivity index (χ3v) is 6.71. The lowest BCUT2D eigenvalue weighted by atomic mass is 9.87. The van der Waals surface area contributed by atoms with Crippen molar-refractivity contribution >= 4 is 23.1 Å². The van der Waals surface area contributed by atoms with Gasteiger partial charge in [-0.2, -0.15) is 0 Å². The molecule has 2 heterocycles. The molecule has 2 aromatic heterocycles. The molecule has 1 aliphatic carbocycles. The maximum absolute atomic E-state index is 14.3. The van der Waals surface area contributed by atoms with Crippen LogP contribution in [-0.4, -0.2) is 45.5 Å². The summed E-state index contributed by atoms with van der Waals surface area (Å²) in [6.07, 6.45) is 1.30. The molecule has 0 atom stereocenters. The number of aromatic nitrogens is 2. The number of ether oxygens (including phenoxy) is 2. The number of ketones is 1. The van der Waals surface area contributed by atoms with Crippen molar-refractivity contribution in [3.63, 3.8) is 0 Å². The molecule has 0 aliphatic heterocycles. The molecule has 4 aromatic rings. The molecule has 38 heavy (non-hydrogen) atoms. The minimum atomic E-state index is -0.886. The van der Waals surface area contributed by atoms with Crippen molar-refractivity contribution in [3.05, 3.63) is 98.3 Å². The summed E-state index contributed by atoms with van der Waals surface area (Å²) in [5.74, 6) is -2.40. The van der Waals surface area contributed by atoms with Crippen molar-refractivity contribution in [3.8, 4) is 23.3 Å². The number of fused-ring (bicyclic) bond motifs is 2. The van der Waals surface area contributed by atoms with E-state index in [0.717, 1.165) is 10.6 Å². The molecule has 3 N–H and O–H groups in total. The van der Waals surface area contributed by atoms with Crippen LogP contribution in [-0.2, 0) is 13.0 Å². The molecule has 8 nitrogen and oxygen atoms in total. The predicted octanol–water partition coefficient (Wildman–Crippen LogP) is 4.84. The number of carbonyl (C=O) groups is 1. The number of aromatic hydroxyl groups is 2. The smallest absolute Gasteiger partial charge is 0.218 e. The summed E-state index contributed by atoms with van der Waals surface area (Å²) in [6.45, 7) is -0.0714. The molecule has 11 heteroatoms. The van der Waals surface area contributed by atoms with Crippen LogP contribution in [0.2, 0.25) is 5.02 Å². The fraction of sp³-hybridized carbons (Fsp3) is 0.148. The van der Waals surface area contributed by atoms with Crippen LogP contribution in [0.5, 0.6) is 23.3 Å². The van der Waals surface area contributed by atoms with E-state index in [9.17, 15) is 23.8 Å². The summed E-state index contributed by atoms with van der Waals surface area (Å²) in [6, 6.07) is 8.33. The van der Waals surface area contributed by atoms with Crippen LogP contribution >= 0.6 is 11.6 Å². The fourth-order valence-corrected chi connectivity index (χ4v) is 4.68. The molecule has 2 aromatic carbocycles. The van der Waals surface area contributed by atoms with Crippen molar-refractivity contribution in [2.24, 2.45) is 0 Å². The van der Waals surface area contributed by atoms with Gasteiger partial charge in [-0.15, -0.1) is 0 Å². The van der Waals surface area contributed by atoms with Gasteiger partial charge in [-0.1, -0.05) is 11.6 Å². The third-order valence-electron chi connectivity index (χ3n) is 6.42. The zero-order chi connectivity index (χ0) is 27.3. The zero-order valence-corrected chi connectivity index (χ0v) is 20.9. The van der Waals surface area contributed by atoms with Crippen LogP contribution < -0.4 is 9.47 Å². The van der Waals surface area contributed by atoms with Crippen molar-refractivity contribution in [1.82, 2.24) is 9.55 Å². The van der Waals surface area contributed by atoms with Gasteiger partial charge in [0.1, 0.15) is 28.8 Å². The summed E-state index contributed by atoms with van der Waals surface area (Å²) in [5, 5.41) is 30.4. The molecule has 0 unspecified atom stereocenters. The normalized spacial score (nSPS) is 12.3. The van der Waals surface area contributed by atoms with E-state index in [0.29, 0.717) is 28.7 Å². The minimum Gasteiger partial charge on any atom is -0.497 e. The Kier molecular flexibility index (Phi) is 6.28. The Morgan fingerprint density at radius 2 is 1.74 bits per heavy atom. The van der Waals surface area contributed by atoms with Gasteiger partial charge < -0.3 is 19.7 Å². The standard InChI is InChI=1S/C27H20ClF2N3O5/c1-37-15-4-3-13(20(8-15)38-2)11-33-26(35)21-22(27(33)36)25(34)24-16(23(21)31)6-12(10-32-24)5-14-7-17(28)19(30)9-18(14)29/h3-4,6-10,31,35-36H,5,11H2,1-2H3. The van der Waals surface area contributed by atoms with Crippen LogP contribution in [0.1, 0.15) is 43.9 Å². The van der Waals surface area contributed by atoms with Crippen molar-refractivity contribution in [2.45, 2.75) is 13.0 Å². The van der Waals surface area contributed by atoms with Gasteiger partial charge in [-0.05, 0) is 35.4 Å². The van der Waals surface area contributed by atoms with E-state index in [1.165, 1.54) is 26.5 Å². The van der Waals surface area contributed by atoms with Crippen molar-refractivity contribution in [2.75, 3.05) is 14.2 Å². The number of hydrogen-bond donors (Lipinski definition) is 3. The number of methoxy groups -OCH3 is 2. The molecule has 194 valence electrons. The Labute approximate surface area is 220 Å². The first-order valence-electron chi connectivity index (χ1n) is 11.3. The molecule has 1 aliphatic rings. The second-order valence-electron chi connectivity index (χ2n) is 8.64. The number of nitrogens with zero attached hydrogens (tertiary/aromatic N) is 2. The lowest BCUT2D eigenvalue weighted by molar-refractivity contribution is 0.103. The summed E-state index contributed by atoms with van der Waals surface area (Å²) < 4.78 is 39.5. The highest BCUT2D eigenvalue weighted by atomic mass is 35.5. The lowest BCUT2D eigenvalue weighted by Gasteiger charge is -2.17. The quantitative estimate of drug-likeness (QED) is 0.266. The van der Waals surface area contributed by atoms with E-state index < -0.39 is 29.2 Å². The first-order chi connectivity index (χ1) is 18.1. The Bertz CT molecular complexity index is 1650. The summed E-state index contributed by atoms with van der Waals surface area (Å²) in [7, 11) is 2.97. The number of halogens is 3. The molecule has 0 radical (unpaired) electrons. The highest BCUT2D eigenvalue weighted by molar-refractivity contribution is 6.31. The highest BCUT2D eigenvalue weighted by Crippen LogP contribution is 2.41. The highest BCUT2D eigenvalue weighted by Gasteiger charge is 2.38. The van der Waals surface area contributed by atoms with E-state index in [4.69, 9.17) is 26.5 Å². The Hall–Kier alpha value is -4.44. The van der Waals surface area contributed by atoms with Crippen molar-refractivity contribution in [1.29, 1.82) is 5.41 Å². The SMILES string of the molecule is COc1ccc(Cn2c(O)c3c(c2O)C(=O)c2ncc(Cc4cc(Cl)c(F)cc4F)cc2C3=N)c(OC)c1. The number of rotatable bonds is 6. The van der Waals surface area contributed by atoms with Crippen LogP contribution in [0.3, 0.4) is 0 Å². The number of hydrogen-bond acceptors (Lipinski definition) is 7. The number of pyridine rings is 1. The minimum absolute atomic E-state index is 0.0318. The summed E-state index contributed by atoms with van der Waals surface area (Å²) in [4.78, 5) is 17.5. The van der Waals surface area contributed by atoms with E-state index in [1.807, 2.05) is 0 Å². The maximum Gasteiger partial charge on any atom is 0.218 e.